The molecule has 0 N–H and O–H groups in total. The van der Waals surface area contributed by atoms with Crippen LogP contribution in [-0.2, 0) is 0 Å². The summed E-state index contributed by atoms with van der Waals surface area (Å²) in [7, 11) is 0. The third-order valence-electron chi connectivity index (χ3n) is 7.87. The van der Waals surface area contributed by atoms with Crippen LogP contribution in [-0.4, -0.2) is 19.2 Å². The van der Waals surface area contributed by atoms with Crippen molar-refractivity contribution < 1.29 is 19.0 Å². The Morgan fingerprint density at radius 2 is 1.13 bits per heavy atom. The summed E-state index contributed by atoms with van der Waals surface area (Å²) < 4.78 is 17.3. The highest BCUT2D eigenvalue weighted by Crippen LogP contribution is 2.36. The van der Waals surface area contributed by atoms with Crippen molar-refractivity contribution in [2.75, 3.05) is 13.2 Å². The van der Waals surface area contributed by atoms with E-state index in [1.807, 2.05) is 24.3 Å². The number of esters is 1. The molecule has 2 atom stereocenters. The summed E-state index contributed by atoms with van der Waals surface area (Å²) in [6.45, 7) is 5.96. The number of ether oxygens (including phenoxy) is 3. The van der Waals surface area contributed by atoms with E-state index in [1.165, 1.54) is 83.5 Å². The van der Waals surface area contributed by atoms with E-state index >= 15 is 0 Å². The average molecular weight is 523 g/mol. The van der Waals surface area contributed by atoms with Gasteiger partial charge in [-0.05, 0) is 79.6 Å². The Kier molecular flexibility index (Phi) is 14.2. The molecule has 38 heavy (non-hydrogen) atoms. The van der Waals surface area contributed by atoms with Gasteiger partial charge in [-0.3, -0.25) is 0 Å². The van der Waals surface area contributed by atoms with Gasteiger partial charge in [0.1, 0.15) is 17.2 Å². The van der Waals surface area contributed by atoms with Crippen molar-refractivity contribution in [3.05, 3.63) is 54.1 Å². The van der Waals surface area contributed by atoms with Crippen molar-refractivity contribution in [2.45, 2.75) is 110 Å². The van der Waals surface area contributed by atoms with Crippen molar-refractivity contribution in [1.82, 2.24) is 0 Å². The molecule has 2 aromatic carbocycles. The molecule has 1 aliphatic rings. The van der Waals surface area contributed by atoms with E-state index < -0.39 is 0 Å². The minimum Gasteiger partial charge on any atom is -0.494 e. The number of rotatable bonds is 18. The molecular formula is C34H50O4. The zero-order chi connectivity index (χ0) is 26.8. The van der Waals surface area contributed by atoms with Gasteiger partial charge in [-0.25, -0.2) is 4.79 Å². The molecule has 4 heteroatoms. The maximum Gasteiger partial charge on any atom is 0.343 e. The smallest absolute Gasteiger partial charge is 0.343 e. The number of benzene rings is 2. The number of hydrogen-bond donors (Lipinski definition) is 0. The van der Waals surface area contributed by atoms with Crippen LogP contribution < -0.4 is 14.2 Å². The van der Waals surface area contributed by atoms with Gasteiger partial charge < -0.3 is 14.2 Å². The van der Waals surface area contributed by atoms with E-state index in [0.717, 1.165) is 42.8 Å². The van der Waals surface area contributed by atoms with E-state index in [-0.39, 0.29) is 5.97 Å². The van der Waals surface area contributed by atoms with Crippen LogP contribution in [0, 0.1) is 11.8 Å². The number of carbonyl (C=O) groups is 1. The van der Waals surface area contributed by atoms with E-state index in [2.05, 4.69) is 13.8 Å². The highest BCUT2D eigenvalue weighted by Gasteiger charge is 2.24. The second-order valence-electron chi connectivity index (χ2n) is 10.9. The van der Waals surface area contributed by atoms with Crippen LogP contribution in [0.5, 0.6) is 17.2 Å². The fraction of sp³-hybridized carbons (Fsp3) is 0.618. The molecule has 3 rings (SSSR count). The molecule has 0 bridgehead atoms. The molecule has 1 aliphatic carbocycles. The summed E-state index contributed by atoms with van der Waals surface area (Å²) in [5.74, 6) is 3.56. The molecule has 0 aromatic heterocycles. The molecule has 210 valence electrons. The normalized spacial score (nSPS) is 17.2. The van der Waals surface area contributed by atoms with Crippen LogP contribution in [0.25, 0.3) is 0 Å². The molecule has 0 radical (unpaired) electrons. The van der Waals surface area contributed by atoms with Gasteiger partial charge in [0.25, 0.3) is 0 Å². The van der Waals surface area contributed by atoms with Crippen molar-refractivity contribution in [1.29, 1.82) is 0 Å². The van der Waals surface area contributed by atoms with Crippen LogP contribution in [0.1, 0.15) is 121 Å². The zero-order valence-electron chi connectivity index (χ0n) is 23.9. The molecule has 1 fully saturated rings. The van der Waals surface area contributed by atoms with Gasteiger partial charge in [-0.15, -0.1) is 0 Å². The van der Waals surface area contributed by atoms with Gasteiger partial charge in [0.15, 0.2) is 0 Å². The SMILES string of the molecule is CCCCCCCOc1ccc(C(=O)Oc2ccc(OCCCC3CCCCC3CCCCC)cc2)cc1. The first kappa shape index (κ1) is 30.1. The van der Waals surface area contributed by atoms with Crippen LogP contribution >= 0.6 is 0 Å². The Bertz CT molecular complexity index is 890. The topological polar surface area (TPSA) is 44.8 Å². The van der Waals surface area contributed by atoms with Crippen molar-refractivity contribution in [3.63, 3.8) is 0 Å². The lowest BCUT2D eigenvalue weighted by atomic mass is 9.74. The highest BCUT2D eigenvalue weighted by atomic mass is 16.5. The van der Waals surface area contributed by atoms with Gasteiger partial charge in [0.05, 0.1) is 18.8 Å². The highest BCUT2D eigenvalue weighted by molar-refractivity contribution is 5.91. The second kappa shape index (κ2) is 17.9. The van der Waals surface area contributed by atoms with Gasteiger partial charge in [0, 0.05) is 0 Å². The fourth-order valence-electron chi connectivity index (χ4n) is 5.59. The fourth-order valence-corrected chi connectivity index (χ4v) is 5.59. The lowest BCUT2D eigenvalue weighted by molar-refractivity contribution is 0.0734. The van der Waals surface area contributed by atoms with E-state index in [9.17, 15) is 4.79 Å². The lowest BCUT2D eigenvalue weighted by Crippen LogP contribution is -2.20. The van der Waals surface area contributed by atoms with Gasteiger partial charge in [0.2, 0.25) is 0 Å². The maximum absolute atomic E-state index is 12.5. The van der Waals surface area contributed by atoms with Gasteiger partial charge in [-0.2, -0.15) is 0 Å². The predicted molar refractivity (Wildman–Crippen MR) is 156 cm³/mol. The summed E-state index contributed by atoms with van der Waals surface area (Å²) >= 11 is 0. The monoisotopic (exact) mass is 522 g/mol. The molecule has 0 aliphatic heterocycles. The van der Waals surface area contributed by atoms with E-state index in [1.54, 1.807) is 24.3 Å². The standard InChI is InChI=1S/C34H50O4/c1-3-5-7-8-12-26-36-31-20-18-30(19-21-31)34(35)38-33-24-22-32(23-25-33)37-27-13-17-29-16-11-10-15-28(29)14-9-6-4-2/h18-25,28-29H,3-17,26-27H2,1-2H3. The van der Waals surface area contributed by atoms with Gasteiger partial charge >= 0.3 is 5.97 Å². The summed E-state index contributed by atoms with van der Waals surface area (Å²) in [5, 5.41) is 0. The first-order valence-electron chi connectivity index (χ1n) is 15.4. The molecule has 0 spiro atoms. The van der Waals surface area contributed by atoms with Crippen LogP contribution in [0.15, 0.2) is 48.5 Å². The molecule has 2 unspecified atom stereocenters. The molecule has 4 nitrogen and oxygen atoms in total. The summed E-state index contributed by atoms with van der Waals surface area (Å²) in [5.41, 5.74) is 0.510. The first-order valence-corrected chi connectivity index (χ1v) is 15.4. The minimum absolute atomic E-state index is 0.370. The van der Waals surface area contributed by atoms with Crippen LogP contribution in [0.4, 0.5) is 0 Å². The molecular weight excluding hydrogens is 472 g/mol. The second-order valence-corrected chi connectivity index (χ2v) is 10.9. The van der Waals surface area contributed by atoms with Gasteiger partial charge in [-0.1, -0.05) is 90.9 Å². The number of carbonyl (C=O) groups excluding carboxylic acids is 1. The lowest BCUT2D eigenvalue weighted by Gasteiger charge is -2.31. The predicted octanol–water partition coefficient (Wildman–Crippen LogP) is 9.80. The Hall–Kier alpha value is -2.49. The third kappa shape index (κ3) is 11.1. The average Bonchev–Trinajstić information content (AvgIpc) is 2.95. The Morgan fingerprint density at radius 1 is 0.632 bits per heavy atom. The van der Waals surface area contributed by atoms with Crippen molar-refractivity contribution in [2.24, 2.45) is 11.8 Å². The molecule has 0 saturated heterocycles. The van der Waals surface area contributed by atoms with Crippen LogP contribution in [0.3, 0.4) is 0 Å². The molecule has 0 heterocycles. The quantitative estimate of drug-likeness (QED) is 0.111. The molecule has 2 aromatic rings. The molecule has 1 saturated carbocycles. The largest absolute Gasteiger partial charge is 0.494 e. The first-order chi connectivity index (χ1) is 18.7. The maximum atomic E-state index is 12.5. The van der Waals surface area contributed by atoms with Crippen LogP contribution in [0.2, 0.25) is 0 Å². The number of unbranched alkanes of at least 4 members (excludes halogenated alkanes) is 6. The summed E-state index contributed by atoms with van der Waals surface area (Å²) in [6.07, 6.45) is 19.5. The minimum atomic E-state index is -0.370. The van der Waals surface area contributed by atoms with E-state index in [0.29, 0.717) is 17.9 Å². The Labute approximate surface area is 231 Å². The van der Waals surface area contributed by atoms with Crippen molar-refractivity contribution in [3.8, 4) is 17.2 Å². The van der Waals surface area contributed by atoms with Crippen molar-refractivity contribution >= 4 is 5.97 Å². The third-order valence-corrected chi connectivity index (χ3v) is 7.87. The van der Waals surface area contributed by atoms with E-state index in [4.69, 9.17) is 14.2 Å². The summed E-state index contributed by atoms with van der Waals surface area (Å²) in [4.78, 5) is 12.5. The Balaban J connectivity index is 1.34. The Morgan fingerprint density at radius 3 is 1.76 bits per heavy atom. The zero-order valence-corrected chi connectivity index (χ0v) is 23.9. The molecule has 0 amide bonds. The number of hydrogen-bond acceptors (Lipinski definition) is 4. The summed E-state index contributed by atoms with van der Waals surface area (Å²) in [6, 6.07) is 14.5.